The molecule has 3 rings (SSSR count). The molecule has 0 radical (unpaired) electrons. The zero-order valence-corrected chi connectivity index (χ0v) is 12.5. The van der Waals surface area contributed by atoms with Crippen molar-refractivity contribution in [1.82, 2.24) is 9.80 Å². The summed E-state index contributed by atoms with van der Waals surface area (Å²) in [7, 11) is 2.09. The molecular weight excluding hydrogens is 262 g/mol. The molecule has 0 saturated carbocycles. The van der Waals surface area contributed by atoms with Crippen LogP contribution in [0.25, 0.3) is 10.8 Å². The Morgan fingerprint density at radius 1 is 1.19 bits per heavy atom. The highest BCUT2D eigenvalue weighted by molar-refractivity contribution is 6.04. The number of likely N-dealkylation sites (N-methyl/N-ethyl adjacent to an activating group) is 1. The minimum atomic E-state index is 0.0406. The van der Waals surface area contributed by atoms with E-state index in [4.69, 9.17) is 5.73 Å². The van der Waals surface area contributed by atoms with Crippen LogP contribution in [-0.2, 0) is 0 Å². The number of carbonyl (C=O) groups excluding carboxylic acids is 1. The van der Waals surface area contributed by atoms with Gasteiger partial charge in [-0.3, -0.25) is 4.79 Å². The van der Waals surface area contributed by atoms with Crippen LogP contribution in [-0.4, -0.2) is 48.4 Å². The highest BCUT2D eigenvalue weighted by Gasteiger charge is 2.27. The minimum Gasteiger partial charge on any atom is -0.398 e. The van der Waals surface area contributed by atoms with Crippen LogP contribution in [0.4, 0.5) is 5.69 Å². The molecular formula is C17H21N3O. The van der Waals surface area contributed by atoms with Crippen molar-refractivity contribution in [3.8, 4) is 0 Å². The van der Waals surface area contributed by atoms with Crippen LogP contribution in [0.1, 0.15) is 17.3 Å². The van der Waals surface area contributed by atoms with Crippen molar-refractivity contribution in [3.05, 3.63) is 42.0 Å². The molecule has 1 heterocycles. The maximum atomic E-state index is 12.8. The van der Waals surface area contributed by atoms with E-state index in [0.717, 1.165) is 30.4 Å². The first-order valence-electron chi connectivity index (χ1n) is 7.34. The molecule has 1 atom stereocenters. The van der Waals surface area contributed by atoms with E-state index in [0.29, 0.717) is 11.3 Å². The van der Waals surface area contributed by atoms with Crippen LogP contribution in [0.2, 0.25) is 0 Å². The number of fused-ring (bicyclic) bond motifs is 1. The highest BCUT2D eigenvalue weighted by atomic mass is 16.2. The number of hydrogen-bond donors (Lipinski definition) is 1. The van der Waals surface area contributed by atoms with Crippen molar-refractivity contribution < 1.29 is 4.79 Å². The van der Waals surface area contributed by atoms with Crippen molar-refractivity contribution in [2.75, 3.05) is 32.4 Å². The van der Waals surface area contributed by atoms with Gasteiger partial charge in [0.25, 0.3) is 5.91 Å². The van der Waals surface area contributed by atoms with Gasteiger partial charge in [0.15, 0.2) is 0 Å². The second-order valence-electron chi connectivity index (χ2n) is 5.90. The summed E-state index contributed by atoms with van der Waals surface area (Å²) in [6.45, 7) is 4.65. The van der Waals surface area contributed by atoms with Crippen LogP contribution >= 0.6 is 0 Å². The number of benzene rings is 2. The third-order valence-corrected chi connectivity index (χ3v) is 4.24. The number of anilines is 1. The van der Waals surface area contributed by atoms with Crippen LogP contribution in [0.15, 0.2) is 36.4 Å². The van der Waals surface area contributed by atoms with E-state index in [-0.39, 0.29) is 11.9 Å². The molecule has 1 fully saturated rings. The number of nitrogens with two attached hydrogens (primary N) is 1. The lowest BCUT2D eigenvalue weighted by molar-refractivity contribution is 0.0535. The maximum Gasteiger partial charge on any atom is 0.256 e. The Morgan fingerprint density at radius 3 is 2.52 bits per heavy atom. The second kappa shape index (κ2) is 5.37. The normalized spacial score (nSPS) is 19.9. The zero-order chi connectivity index (χ0) is 15.0. The Hall–Kier alpha value is -2.07. The summed E-state index contributed by atoms with van der Waals surface area (Å²) in [6, 6.07) is 12.0. The van der Waals surface area contributed by atoms with E-state index in [1.165, 1.54) is 0 Å². The lowest BCUT2D eigenvalue weighted by atomic mass is 10.0. The van der Waals surface area contributed by atoms with Gasteiger partial charge in [0.05, 0.1) is 5.56 Å². The number of piperazine rings is 1. The average molecular weight is 283 g/mol. The maximum absolute atomic E-state index is 12.8. The molecule has 4 nitrogen and oxygen atoms in total. The molecule has 1 aliphatic heterocycles. The van der Waals surface area contributed by atoms with Crippen molar-refractivity contribution in [3.63, 3.8) is 0 Å². The average Bonchev–Trinajstić information content (AvgIpc) is 2.46. The quantitative estimate of drug-likeness (QED) is 0.816. The standard InChI is InChI=1S/C17H21N3O/c1-12-11-19(2)7-8-20(12)17(21)15-9-13-5-3-4-6-14(13)10-16(15)18/h3-6,9-10,12H,7-8,11,18H2,1-2H3. The number of nitrogen functional groups attached to an aromatic ring is 1. The molecule has 1 aliphatic rings. The predicted molar refractivity (Wildman–Crippen MR) is 86.4 cm³/mol. The lowest BCUT2D eigenvalue weighted by Crippen LogP contribution is -2.52. The first-order valence-corrected chi connectivity index (χ1v) is 7.34. The molecule has 2 aromatic carbocycles. The highest BCUT2D eigenvalue weighted by Crippen LogP contribution is 2.24. The van der Waals surface area contributed by atoms with Gasteiger partial charge in [0.1, 0.15) is 0 Å². The number of amides is 1. The SMILES string of the molecule is CC1CN(C)CCN1C(=O)c1cc2ccccc2cc1N. The fourth-order valence-corrected chi connectivity index (χ4v) is 3.04. The van der Waals surface area contributed by atoms with Crippen LogP contribution < -0.4 is 5.73 Å². The second-order valence-corrected chi connectivity index (χ2v) is 5.90. The molecule has 1 unspecified atom stereocenters. The largest absolute Gasteiger partial charge is 0.398 e. The Bertz CT molecular complexity index is 683. The first kappa shape index (κ1) is 13.9. The van der Waals surface area contributed by atoms with Gasteiger partial charge in [-0.1, -0.05) is 24.3 Å². The minimum absolute atomic E-state index is 0.0406. The molecule has 110 valence electrons. The van der Waals surface area contributed by atoms with E-state index in [1.54, 1.807) is 0 Å². The number of hydrogen-bond acceptors (Lipinski definition) is 3. The number of nitrogens with zero attached hydrogens (tertiary/aromatic N) is 2. The fourth-order valence-electron chi connectivity index (χ4n) is 3.04. The molecule has 2 N–H and O–H groups in total. The smallest absolute Gasteiger partial charge is 0.256 e. The van der Waals surface area contributed by atoms with Gasteiger partial charge in [0.2, 0.25) is 0 Å². The van der Waals surface area contributed by atoms with Gasteiger partial charge >= 0.3 is 0 Å². The lowest BCUT2D eigenvalue weighted by Gasteiger charge is -2.38. The van der Waals surface area contributed by atoms with Crippen molar-refractivity contribution in [1.29, 1.82) is 0 Å². The Kier molecular flexibility index (Phi) is 3.55. The molecule has 1 amide bonds. The van der Waals surface area contributed by atoms with Gasteiger partial charge < -0.3 is 15.5 Å². The summed E-state index contributed by atoms with van der Waals surface area (Å²) in [4.78, 5) is 17.0. The Labute approximate surface area is 125 Å². The molecule has 0 aromatic heterocycles. The first-order chi connectivity index (χ1) is 10.1. The molecule has 0 spiro atoms. The van der Waals surface area contributed by atoms with Crippen LogP contribution in [0.3, 0.4) is 0 Å². The zero-order valence-electron chi connectivity index (χ0n) is 12.5. The molecule has 2 aromatic rings. The monoisotopic (exact) mass is 283 g/mol. The van der Waals surface area contributed by atoms with Crippen molar-refractivity contribution >= 4 is 22.4 Å². The Balaban J connectivity index is 1.96. The van der Waals surface area contributed by atoms with Crippen LogP contribution in [0.5, 0.6) is 0 Å². The van der Waals surface area contributed by atoms with Crippen molar-refractivity contribution in [2.24, 2.45) is 0 Å². The van der Waals surface area contributed by atoms with Gasteiger partial charge in [-0.15, -0.1) is 0 Å². The third-order valence-electron chi connectivity index (χ3n) is 4.24. The third kappa shape index (κ3) is 2.59. The summed E-state index contributed by atoms with van der Waals surface area (Å²) in [6.07, 6.45) is 0. The molecule has 4 heteroatoms. The van der Waals surface area contributed by atoms with Gasteiger partial charge in [-0.25, -0.2) is 0 Å². The Morgan fingerprint density at radius 2 is 1.86 bits per heavy atom. The predicted octanol–water partition coefficient (Wildman–Crippen LogP) is 2.20. The summed E-state index contributed by atoms with van der Waals surface area (Å²) in [5, 5.41) is 2.12. The van der Waals surface area contributed by atoms with E-state index in [9.17, 15) is 4.79 Å². The molecule has 0 aliphatic carbocycles. The summed E-state index contributed by atoms with van der Waals surface area (Å²) >= 11 is 0. The molecule has 21 heavy (non-hydrogen) atoms. The topological polar surface area (TPSA) is 49.6 Å². The van der Waals surface area contributed by atoms with Crippen LogP contribution in [0, 0.1) is 0 Å². The number of rotatable bonds is 1. The van der Waals surface area contributed by atoms with Gasteiger partial charge in [-0.05, 0) is 36.9 Å². The van der Waals surface area contributed by atoms with E-state index in [2.05, 4.69) is 18.9 Å². The van der Waals surface area contributed by atoms with Crippen molar-refractivity contribution in [2.45, 2.75) is 13.0 Å². The van der Waals surface area contributed by atoms with E-state index >= 15 is 0 Å². The summed E-state index contributed by atoms with van der Waals surface area (Å²) in [5.74, 6) is 0.0406. The van der Waals surface area contributed by atoms with E-state index < -0.39 is 0 Å². The fraction of sp³-hybridized carbons (Fsp3) is 0.353. The molecule has 1 saturated heterocycles. The van der Waals surface area contributed by atoms with E-state index in [1.807, 2.05) is 41.3 Å². The summed E-state index contributed by atoms with van der Waals surface area (Å²) in [5.41, 5.74) is 7.28. The number of carbonyl (C=O) groups is 1. The van der Waals surface area contributed by atoms with Gasteiger partial charge in [-0.2, -0.15) is 0 Å². The molecule has 0 bridgehead atoms. The van der Waals surface area contributed by atoms with Gasteiger partial charge in [0, 0.05) is 31.4 Å². The summed E-state index contributed by atoms with van der Waals surface area (Å²) < 4.78 is 0.